The van der Waals surface area contributed by atoms with E-state index in [1.165, 1.54) is 32.1 Å². The fraction of sp³-hybridized carbons (Fsp3) is 1.00. The van der Waals surface area contributed by atoms with Gasteiger partial charge in [-0.1, -0.05) is 0 Å². The van der Waals surface area contributed by atoms with Crippen molar-refractivity contribution in [2.75, 3.05) is 19.7 Å². The Kier molecular flexibility index (Phi) is 2.69. The largest absolute Gasteiger partial charge is 0.377 e. The van der Waals surface area contributed by atoms with Gasteiger partial charge in [0.1, 0.15) is 0 Å². The van der Waals surface area contributed by atoms with Gasteiger partial charge in [0.15, 0.2) is 0 Å². The highest BCUT2D eigenvalue weighted by molar-refractivity contribution is 4.98. The minimum atomic E-state index is 0.521. The van der Waals surface area contributed by atoms with E-state index in [0.29, 0.717) is 6.10 Å². The molecule has 0 aromatic carbocycles. The van der Waals surface area contributed by atoms with Crippen LogP contribution in [0.1, 0.15) is 38.5 Å². The molecule has 4 bridgehead atoms. The van der Waals surface area contributed by atoms with Crippen molar-refractivity contribution in [3.05, 3.63) is 0 Å². The molecule has 1 N–H and O–H groups in total. The molecule has 5 fully saturated rings. The molecule has 0 amide bonds. The van der Waals surface area contributed by atoms with Crippen LogP contribution < -0.4 is 5.32 Å². The van der Waals surface area contributed by atoms with Gasteiger partial charge in [-0.15, -0.1) is 0 Å². The summed E-state index contributed by atoms with van der Waals surface area (Å²) in [6.07, 6.45) is 9.44. The molecule has 0 aromatic rings. The third-order valence-electron chi connectivity index (χ3n) is 5.96. The van der Waals surface area contributed by atoms with Crippen LogP contribution >= 0.6 is 0 Å². The maximum absolute atomic E-state index is 6.17. The van der Waals surface area contributed by atoms with Gasteiger partial charge in [0.25, 0.3) is 0 Å². The van der Waals surface area contributed by atoms with Crippen molar-refractivity contribution in [2.45, 2.75) is 44.6 Å². The topological polar surface area (TPSA) is 21.3 Å². The van der Waals surface area contributed by atoms with Crippen LogP contribution in [0, 0.1) is 29.6 Å². The summed E-state index contributed by atoms with van der Waals surface area (Å²) in [5.41, 5.74) is 0. The molecule has 5 aliphatic rings. The predicted octanol–water partition coefficient (Wildman–Crippen LogP) is 2.44. The third kappa shape index (κ3) is 1.94. The number of hydrogen-bond donors (Lipinski definition) is 1. The van der Waals surface area contributed by atoms with E-state index in [1.54, 1.807) is 6.42 Å². The lowest BCUT2D eigenvalue weighted by atomic mass is 9.52. The van der Waals surface area contributed by atoms with Gasteiger partial charge in [0.2, 0.25) is 0 Å². The van der Waals surface area contributed by atoms with E-state index in [-0.39, 0.29) is 0 Å². The standard InChI is InChI=1S/C15H25NO/c1-2-16-8-14(1)17-9-15-12-4-10-3-11(6-12)7-13(15)5-10/h10-16H,1-9H2. The van der Waals surface area contributed by atoms with Crippen molar-refractivity contribution >= 4 is 0 Å². The van der Waals surface area contributed by atoms with Crippen LogP contribution in [0.25, 0.3) is 0 Å². The van der Waals surface area contributed by atoms with Crippen molar-refractivity contribution in [1.29, 1.82) is 0 Å². The summed E-state index contributed by atoms with van der Waals surface area (Å²) in [6.45, 7) is 3.32. The van der Waals surface area contributed by atoms with Crippen LogP contribution in [-0.4, -0.2) is 25.8 Å². The second-order valence-corrected chi connectivity index (χ2v) is 7.04. The summed E-state index contributed by atoms with van der Waals surface area (Å²) in [6, 6.07) is 0. The zero-order chi connectivity index (χ0) is 11.2. The zero-order valence-electron chi connectivity index (χ0n) is 10.7. The summed E-state index contributed by atoms with van der Waals surface area (Å²) < 4.78 is 6.17. The summed E-state index contributed by atoms with van der Waals surface area (Å²) in [7, 11) is 0. The molecule has 5 rings (SSSR count). The molecule has 4 aliphatic carbocycles. The Morgan fingerprint density at radius 3 is 2.24 bits per heavy atom. The summed E-state index contributed by atoms with van der Waals surface area (Å²) >= 11 is 0. The lowest BCUT2D eigenvalue weighted by molar-refractivity contribution is -0.0830. The Balaban J connectivity index is 1.37. The first-order valence-electron chi connectivity index (χ1n) is 7.71. The van der Waals surface area contributed by atoms with Crippen LogP contribution in [0.4, 0.5) is 0 Å². The summed E-state index contributed by atoms with van der Waals surface area (Å²) in [5.74, 6) is 5.17. The molecule has 1 heterocycles. The molecule has 1 unspecified atom stereocenters. The first-order chi connectivity index (χ1) is 8.38. The van der Waals surface area contributed by atoms with Gasteiger partial charge >= 0.3 is 0 Å². The van der Waals surface area contributed by atoms with Crippen LogP contribution in [-0.2, 0) is 4.74 Å². The van der Waals surface area contributed by atoms with E-state index in [2.05, 4.69) is 5.32 Å². The Labute approximate surface area is 104 Å². The Bertz CT molecular complexity index is 257. The minimum Gasteiger partial charge on any atom is -0.377 e. The molecule has 1 saturated heterocycles. The maximum Gasteiger partial charge on any atom is 0.0711 e. The lowest BCUT2D eigenvalue weighted by Gasteiger charge is -2.54. The number of nitrogens with one attached hydrogen (secondary N) is 1. The number of rotatable bonds is 3. The SMILES string of the molecule is C1CC(OCC2C3CC4CC(C3)CC2C4)CN1. The molecular weight excluding hydrogens is 210 g/mol. The summed E-state index contributed by atoms with van der Waals surface area (Å²) in [4.78, 5) is 0. The van der Waals surface area contributed by atoms with E-state index in [9.17, 15) is 0 Å². The quantitative estimate of drug-likeness (QED) is 0.811. The normalized spacial score (nSPS) is 52.2. The van der Waals surface area contributed by atoms with Gasteiger partial charge < -0.3 is 10.1 Å². The molecule has 2 heteroatoms. The molecule has 0 spiro atoms. The zero-order valence-corrected chi connectivity index (χ0v) is 10.7. The molecule has 1 atom stereocenters. The average molecular weight is 235 g/mol. The average Bonchev–Trinajstić information content (AvgIpc) is 2.80. The Morgan fingerprint density at radius 1 is 0.941 bits per heavy atom. The van der Waals surface area contributed by atoms with Crippen molar-refractivity contribution in [3.8, 4) is 0 Å². The molecule has 96 valence electrons. The number of ether oxygens (including phenoxy) is 1. The van der Waals surface area contributed by atoms with Crippen LogP contribution in [0.2, 0.25) is 0 Å². The fourth-order valence-electron chi connectivity index (χ4n) is 5.33. The first kappa shape index (κ1) is 10.8. The van der Waals surface area contributed by atoms with Crippen LogP contribution in [0.15, 0.2) is 0 Å². The summed E-state index contributed by atoms with van der Waals surface area (Å²) in [5, 5.41) is 3.40. The predicted molar refractivity (Wildman–Crippen MR) is 67.8 cm³/mol. The highest BCUT2D eigenvalue weighted by Gasteiger charge is 2.48. The Morgan fingerprint density at radius 2 is 1.65 bits per heavy atom. The highest BCUT2D eigenvalue weighted by atomic mass is 16.5. The van der Waals surface area contributed by atoms with Crippen LogP contribution in [0.3, 0.4) is 0 Å². The van der Waals surface area contributed by atoms with E-state index < -0.39 is 0 Å². The monoisotopic (exact) mass is 235 g/mol. The maximum atomic E-state index is 6.17. The van der Waals surface area contributed by atoms with Gasteiger partial charge in [0, 0.05) is 6.54 Å². The second-order valence-electron chi connectivity index (χ2n) is 7.04. The molecule has 0 radical (unpaired) electrons. The lowest BCUT2D eigenvalue weighted by Crippen LogP contribution is -2.47. The van der Waals surface area contributed by atoms with Gasteiger partial charge in [-0.25, -0.2) is 0 Å². The van der Waals surface area contributed by atoms with Crippen molar-refractivity contribution in [3.63, 3.8) is 0 Å². The number of hydrogen-bond acceptors (Lipinski definition) is 2. The molecule has 2 nitrogen and oxygen atoms in total. The molecule has 0 aromatic heterocycles. The molecule has 4 saturated carbocycles. The van der Waals surface area contributed by atoms with E-state index >= 15 is 0 Å². The van der Waals surface area contributed by atoms with Gasteiger partial charge in [-0.2, -0.15) is 0 Å². The minimum absolute atomic E-state index is 0.521. The fourth-order valence-corrected chi connectivity index (χ4v) is 5.33. The van der Waals surface area contributed by atoms with Crippen molar-refractivity contribution < 1.29 is 4.74 Å². The van der Waals surface area contributed by atoms with E-state index in [1.807, 2.05) is 0 Å². The second kappa shape index (κ2) is 4.24. The smallest absolute Gasteiger partial charge is 0.0711 e. The molecule has 17 heavy (non-hydrogen) atoms. The van der Waals surface area contributed by atoms with Gasteiger partial charge in [0.05, 0.1) is 12.7 Å². The molecular formula is C15H25NO. The first-order valence-corrected chi connectivity index (χ1v) is 7.71. The van der Waals surface area contributed by atoms with Crippen molar-refractivity contribution in [1.82, 2.24) is 5.32 Å². The Hall–Kier alpha value is -0.0800. The van der Waals surface area contributed by atoms with Crippen LogP contribution in [0.5, 0.6) is 0 Å². The van der Waals surface area contributed by atoms with Gasteiger partial charge in [-0.3, -0.25) is 0 Å². The highest BCUT2D eigenvalue weighted by Crippen LogP contribution is 2.56. The van der Waals surface area contributed by atoms with Crippen molar-refractivity contribution in [2.24, 2.45) is 29.6 Å². The van der Waals surface area contributed by atoms with E-state index in [0.717, 1.165) is 49.3 Å². The van der Waals surface area contributed by atoms with E-state index in [4.69, 9.17) is 4.74 Å². The third-order valence-corrected chi connectivity index (χ3v) is 5.96. The molecule has 1 aliphatic heterocycles. The van der Waals surface area contributed by atoms with Gasteiger partial charge in [-0.05, 0) is 74.7 Å².